The van der Waals surface area contributed by atoms with Crippen LogP contribution in [0, 0.1) is 0 Å². The van der Waals surface area contributed by atoms with Crippen molar-refractivity contribution in [1.29, 1.82) is 0 Å². The molecule has 1 rings (SSSR count). The first-order chi connectivity index (χ1) is 9.00. The molecule has 0 aliphatic rings. The second-order valence-corrected chi connectivity index (χ2v) is 3.72. The monoisotopic (exact) mass is 266 g/mol. The molecular weight excluding hydrogens is 252 g/mol. The second-order valence-electron chi connectivity index (χ2n) is 3.72. The van der Waals surface area contributed by atoms with Crippen LogP contribution in [0.25, 0.3) is 0 Å². The fourth-order valence-corrected chi connectivity index (χ4v) is 1.35. The molecule has 19 heavy (non-hydrogen) atoms. The van der Waals surface area contributed by atoms with Gasteiger partial charge in [-0.15, -0.1) is 0 Å². The molecule has 0 fully saturated rings. The van der Waals surface area contributed by atoms with Crippen LogP contribution in [-0.4, -0.2) is 29.6 Å². The van der Waals surface area contributed by atoms with Crippen LogP contribution < -0.4 is 4.74 Å². The Labute approximate surface area is 109 Å². The van der Waals surface area contributed by atoms with Crippen LogP contribution in [0.4, 0.5) is 0 Å². The molecular formula is C13H14O6. The van der Waals surface area contributed by atoms with Crippen LogP contribution in [-0.2, 0) is 14.3 Å². The lowest BCUT2D eigenvalue weighted by Crippen LogP contribution is -2.11. The first kappa shape index (κ1) is 14.7. The molecule has 6 nitrogen and oxygen atoms in total. The van der Waals surface area contributed by atoms with Gasteiger partial charge in [-0.25, -0.2) is 4.79 Å². The van der Waals surface area contributed by atoms with Gasteiger partial charge in [-0.3, -0.25) is 9.59 Å². The van der Waals surface area contributed by atoms with E-state index < -0.39 is 17.9 Å². The van der Waals surface area contributed by atoms with E-state index in [0.29, 0.717) is 0 Å². The summed E-state index contributed by atoms with van der Waals surface area (Å²) >= 11 is 0. The molecule has 0 bridgehead atoms. The third kappa shape index (κ3) is 5.20. The van der Waals surface area contributed by atoms with E-state index in [-0.39, 0.29) is 30.8 Å². The molecule has 0 spiro atoms. The van der Waals surface area contributed by atoms with Crippen LogP contribution in [0.3, 0.4) is 0 Å². The molecule has 0 aliphatic carbocycles. The highest BCUT2D eigenvalue weighted by molar-refractivity contribution is 5.93. The number of carbonyl (C=O) groups is 3. The van der Waals surface area contributed by atoms with Crippen LogP contribution in [0.2, 0.25) is 0 Å². The van der Waals surface area contributed by atoms with Gasteiger partial charge in [0.2, 0.25) is 0 Å². The van der Waals surface area contributed by atoms with Crippen molar-refractivity contribution >= 4 is 17.9 Å². The molecule has 0 aromatic heterocycles. The number of para-hydroxylation sites is 1. The van der Waals surface area contributed by atoms with E-state index in [9.17, 15) is 14.4 Å². The van der Waals surface area contributed by atoms with Crippen molar-refractivity contribution in [2.75, 3.05) is 6.61 Å². The number of benzene rings is 1. The Kier molecular flexibility index (Phi) is 5.53. The molecule has 0 amide bonds. The van der Waals surface area contributed by atoms with Gasteiger partial charge in [-0.2, -0.15) is 0 Å². The van der Waals surface area contributed by atoms with Gasteiger partial charge in [0, 0.05) is 13.3 Å². The minimum atomic E-state index is -0.948. The Morgan fingerprint density at radius 2 is 1.89 bits per heavy atom. The zero-order valence-corrected chi connectivity index (χ0v) is 10.4. The smallest absolute Gasteiger partial charge is 0.341 e. The predicted molar refractivity (Wildman–Crippen MR) is 64.9 cm³/mol. The number of esters is 2. The van der Waals surface area contributed by atoms with Crippen LogP contribution in [0.5, 0.6) is 5.75 Å². The summed E-state index contributed by atoms with van der Waals surface area (Å²) in [6.07, 6.45) is 0.162. The summed E-state index contributed by atoms with van der Waals surface area (Å²) in [5.74, 6) is -2.01. The maximum Gasteiger partial charge on any atom is 0.341 e. The van der Waals surface area contributed by atoms with Crippen LogP contribution in [0.1, 0.15) is 30.1 Å². The van der Waals surface area contributed by atoms with Crippen LogP contribution in [0.15, 0.2) is 24.3 Å². The standard InChI is InChI=1S/C13H14O6/c1-9(14)19-11-6-3-2-5-10(11)13(17)18-8-4-7-12(15)16/h2-3,5-6H,4,7-8H2,1H3,(H,15,16). The minimum Gasteiger partial charge on any atom is -0.481 e. The van der Waals surface area contributed by atoms with Gasteiger partial charge in [0.15, 0.2) is 0 Å². The van der Waals surface area contributed by atoms with Crippen molar-refractivity contribution in [1.82, 2.24) is 0 Å². The summed E-state index contributed by atoms with van der Waals surface area (Å²) in [4.78, 5) is 32.9. The van der Waals surface area contributed by atoms with E-state index in [1.54, 1.807) is 12.1 Å². The lowest BCUT2D eigenvalue weighted by atomic mass is 10.2. The lowest BCUT2D eigenvalue weighted by molar-refractivity contribution is -0.137. The molecule has 0 atom stereocenters. The van der Waals surface area contributed by atoms with Crippen molar-refractivity contribution in [2.24, 2.45) is 0 Å². The van der Waals surface area contributed by atoms with Gasteiger partial charge in [0.05, 0.1) is 6.61 Å². The molecule has 1 N–H and O–H groups in total. The Bertz CT molecular complexity index is 480. The number of carboxylic acids is 1. The third-order valence-electron chi connectivity index (χ3n) is 2.13. The number of rotatable bonds is 6. The summed E-state index contributed by atoms with van der Waals surface area (Å²) in [7, 11) is 0. The first-order valence-corrected chi connectivity index (χ1v) is 5.67. The molecule has 0 unspecified atom stereocenters. The van der Waals surface area contributed by atoms with E-state index in [1.165, 1.54) is 19.1 Å². The molecule has 0 heterocycles. The molecule has 0 radical (unpaired) electrons. The number of hydrogen-bond donors (Lipinski definition) is 1. The average molecular weight is 266 g/mol. The van der Waals surface area contributed by atoms with E-state index >= 15 is 0 Å². The summed E-state index contributed by atoms with van der Waals surface area (Å²) in [6.45, 7) is 1.23. The fraction of sp³-hybridized carbons (Fsp3) is 0.308. The summed E-state index contributed by atoms with van der Waals surface area (Å²) < 4.78 is 9.78. The number of aliphatic carboxylic acids is 1. The minimum absolute atomic E-state index is 0.000457. The zero-order chi connectivity index (χ0) is 14.3. The topological polar surface area (TPSA) is 89.9 Å². The number of ether oxygens (including phenoxy) is 2. The van der Waals surface area contributed by atoms with Crippen molar-refractivity contribution in [3.8, 4) is 5.75 Å². The lowest BCUT2D eigenvalue weighted by Gasteiger charge is -2.08. The Morgan fingerprint density at radius 3 is 2.53 bits per heavy atom. The van der Waals surface area contributed by atoms with E-state index in [4.69, 9.17) is 14.6 Å². The van der Waals surface area contributed by atoms with E-state index in [1.807, 2.05) is 0 Å². The van der Waals surface area contributed by atoms with Gasteiger partial charge >= 0.3 is 17.9 Å². The molecule has 1 aromatic rings. The quantitative estimate of drug-likeness (QED) is 0.478. The van der Waals surface area contributed by atoms with Gasteiger partial charge in [-0.1, -0.05) is 12.1 Å². The summed E-state index contributed by atoms with van der Waals surface area (Å²) in [5.41, 5.74) is 0.132. The van der Waals surface area contributed by atoms with Crippen molar-refractivity contribution in [3.05, 3.63) is 29.8 Å². The highest BCUT2D eigenvalue weighted by atomic mass is 16.5. The second kappa shape index (κ2) is 7.15. The van der Waals surface area contributed by atoms with Crippen molar-refractivity contribution < 1.29 is 29.0 Å². The molecule has 0 saturated carbocycles. The van der Waals surface area contributed by atoms with Gasteiger partial charge in [0.1, 0.15) is 11.3 Å². The normalized spacial score (nSPS) is 9.74. The summed E-state index contributed by atoms with van der Waals surface area (Å²) in [6, 6.07) is 6.19. The summed E-state index contributed by atoms with van der Waals surface area (Å²) in [5, 5.41) is 8.44. The molecule has 0 saturated heterocycles. The van der Waals surface area contributed by atoms with Crippen LogP contribution >= 0.6 is 0 Å². The number of hydrogen-bond acceptors (Lipinski definition) is 5. The molecule has 6 heteroatoms. The molecule has 0 aliphatic heterocycles. The Morgan fingerprint density at radius 1 is 1.21 bits per heavy atom. The Balaban J connectivity index is 2.61. The van der Waals surface area contributed by atoms with Gasteiger partial charge in [0.25, 0.3) is 0 Å². The van der Waals surface area contributed by atoms with E-state index in [2.05, 4.69) is 0 Å². The number of carboxylic acid groups (broad SMARTS) is 1. The van der Waals surface area contributed by atoms with Crippen molar-refractivity contribution in [2.45, 2.75) is 19.8 Å². The first-order valence-electron chi connectivity index (χ1n) is 5.67. The van der Waals surface area contributed by atoms with E-state index in [0.717, 1.165) is 0 Å². The highest BCUT2D eigenvalue weighted by Crippen LogP contribution is 2.19. The zero-order valence-electron chi connectivity index (χ0n) is 10.4. The largest absolute Gasteiger partial charge is 0.481 e. The SMILES string of the molecule is CC(=O)Oc1ccccc1C(=O)OCCCC(=O)O. The van der Waals surface area contributed by atoms with Gasteiger partial charge in [-0.05, 0) is 18.6 Å². The Hall–Kier alpha value is -2.37. The third-order valence-corrected chi connectivity index (χ3v) is 2.13. The average Bonchev–Trinajstić information content (AvgIpc) is 2.34. The highest BCUT2D eigenvalue weighted by Gasteiger charge is 2.14. The molecule has 102 valence electrons. The maximum absolute atomic E-state index is 11.7. The van der Waals surface area contributed by atoms with Crippen molar-refractivity contribution in [3.63, 3.8) is 0 Å². The van der Waals surface area contributed by atoms with Gasteiger partial charge < -0.3 is 14.6 Å². The predicted octanol–water partition coefficient (Wildman–Crippen LogP) is 1.63. The molecule has 1 aromatic carbocycles. The fourth-order valence-electron chi connectivity index (χ4n) is 1.35. The maximum atomic E-state index is 11.7. The number of carbonyl (C=O) groups excluding carboxylic acids is 2.